The van der Waals surface area contributed by atoms with Crippen LogP contribution in [0.2, 0.25) is 0 Å². The van der Waals surface area contributed by atoms with E-state index < -0.39 is 60.3 Å². The van der Waals surface area contributed by atoms with Gasteiger partial charge in [-0.15, -0.1) is 0 Å². The van der Waals surface area contributed by atoms with Crippen LogP contribution < -0.4 is 80.3 Å². The quantitative estimate of drug-likeness (QED) is 0.150. The Kier molecular flexibility index (Phi) is 14.6. The Bertz CT molecular complexity index is 958. The molecule has 18 nitrogen and oxygen atoms in total. The van der Waals surface area contributed by atoms with E-state index in [0.29, 0.717) is 0 Å². The van der Waals surface area contributed by atoms with Crippen molar-refractivity contribution in [3.63, 3.8) is 0 Å². The van der Waals surface area contributed by atoms with Gasteiger partial charge in [-0.05, 0) is 6.07 Å². The number of nitrogen functional groups attached to an aromatic ring is 1. The second kappa shape index (κ2) is 13.3. The summed E-state index contributed by atoms with van der Waals surface area (Å²) in [7, 11) is -17.4. The maximum atomic E-state index is 11.8. The van der Waals surface area contributed by atoms with Gasteiger partial charge in [0.15, 0.2) is 6.23 Å². The van der Waals surface area contributed by atoms with Crippen molar-refractivity contribution in [3.05, 3.63) is 22.7 Å². The van der Waals surface area contributed by atoms with Crippen molar-refractivity contribution < 1.29 is 126 Å². The Morgan fingerprint density at radius 3 is 2.19 bits per heavy atom. The van der Waals surface area contributed by atoms with Gasteiger partial charge in [0.2, 0.25) is 0 Å². The molecule has 6 atom stereocenters. The van der Waals surface area contributed by atoms with Crippen molar-refractivity contribution in [3.8, 4) is 0 Å². The predicted molar refractivity (Wildman–Crippen MR) is 87.8 cm³/mol. The molecule has 1 aliphatic heterocycles. The first kappa shape index (κ1) is 35.1. The van der Waals surface area contributed by atoms with Crippen molar-refractivity contribution in [2.24, 2.45) is 0 Å². The number of nitrogens with two attached hydrogens (primary N) is 1. The predicted octanol–water partition coefficient (Wildman–Crippen LogP) is -10.3. The van der Waals surface area contributed by atoms with Gasteiger partial charge in [-0.3, -0.25) is 13.7 Å². The molecule has 1 aliphatic rings. The topological polar surface area (TPSA) is 308 Å². The number of hydrogen-bond acceptors (Lipinski definition) is 14. The van der Waals surface area contributed by atoms with Crippen LogP contribution in [0.1, 0.15) is 6.23 Å². The largest absolute Gasteiger partial charge is 1.00 e. The molecule has 2 unspecified atom stereocenters. The summed E-state index contributed by atoms with van der Waals surface area (Å²) in [6.07, 6.45) is -5.57. The van der Waals surface area contributed by atoms with Gasteiger partial charge >= 0.3 is 72.6 Å². The fourth-order valence-electron chi connectivity index (χ4n) is 2.17. The minimum atomic E-state index is -6.03. The molecule has 2 heterocycles. The van der Waals surface area contributed by atoms with Crippen LogP contribution in [-0.4, -0.2) is 59.9 Å². The minimum Gasteiger partial charge on any atom is -0.756 e. The van der Waals surface area contributed by atoms with E-state index in [1.807, 2.05) is 0 Å². The average Bonchev–Trinajstić information content (AvgIpc) is 2.78. The van der Waals surface area contributed by atoms with Gasteiger partial charge in [0, 0.05) is 6.20 Å². The van der Waals surface area contributed by atoms with Gasteiger partial charge in [0.05, 0.1) is 6.61 Å². The van der Waals surface area contributed by atoms with E-state index in [1.54, 1.807) is 0 Å². The Labute approximate surface area is 223 Å². The molecule has 8 N–H and O–H groups in total. The molecule has 174 valence electrons. The summed E-state index contributed by atoms with van der Waals surface area (Å²) in [5, 5.41) is 19.9. The van der Waals surface area contributed by atoms with E-state index >= 15 is 0 Å². The number of aliphatic hydroxyl groups excluding tert-OH is 2. The van der Waals surface area contributed by atoms with Gasteiger partial charge < -0.3 is 50.3 Å². The molecule has 0 amide bonds. The second-order valence-corrected chi connectivity index (χ2v) is 9.77. The molecule has 1 saturated heterocycles. The molecular weight excluding hydrogens is 529 g/mol. The molecule has 1 aromatic heterocycles. The van der Waals surface area contributed by atoms with Crippen LogP contribution in [0.25, 0.3) is 0 Å². The number of nitrogens with zero attached hydrogens (tertiary/aromatic N) is 2. The first-order valence-corrected chi connectivity index (χ1v) is 11.7. The van der Waals surface area contributed by atoms with Gasteiger partial charge in [-0.2, -0.15) is 4.98 Å². The average molecular weight is 545 g/mol. The fraction of sp³-hybridized carbons (Fsp3) is 0.556. The third-order valence-corrected chi connectivity index (χ3v) is 6.98. The fourth-order valence-corrected chi connectivity index (χ4v) is 5.10. The standard InChI is InChI=1S/C9H16N3O14P3.2Na.H2O/c10-5-1-2-12(9(15)11-5)8-7(14)6(13)4(24-8)3-23-28(19,20)26-29(21,22)25-27(16,17)18;;;/h1-2,4,6-8,13-14H,3H2,(H,19,20)(H,21,22)(H2,10,11,15)(H2,16,17,18);;;1H2/q;2*+1;/p-2/t4-,6-,7-,8-;;;/m1.../s1. The summed E-state index contributed by atoms with van der Waals surface area (Å²) in [6.45, 7) is -1.11. The van der Waals surface area contributed by atoms with Crippen molar-refractivity contribution in [1.82, 2.24) is 9.55 Å². The number of aromatic nitrogens is 2. The van der Waals surface area contributed by atoms with Gasteiger partial charge in [0.25, 0.3) is 15.6 Å². The van der Waals surface area contributed by atoms with Crippen LogP contribution in [-0.2, 0) is 31.6 Å². The SMILES string of the molecule is Nc1ccn([C@@H]2O[C@H](COP(=O)([O-])OP(=O)([O-])OP(=O)(O)O)[C@@H](O)[C@H]2O)c(=O)n1.O.[Na+].[Na+]. The van der Waals surface area contributed by atoms with E-state index in [-0.39, 0.29) is 70.4 Å². The van der Waals surface area contributed by atoms with Crippen molar-refractivity contribution in [2.75, 3.05) is 12.3 Å². The maximum absolute atomic E-state index is 11.8. The molecule has 32 heavy (non-hydrogen) atoms. The number of phosphoric ester groups is 1. The summed E-state index contributed by atoms with van der Waals surface area (Å²) >= 11 is 0. The Hall–Kier alpha value is 0.930. The van der Waals surface area contributed by atoms with E-state index in [4.69, 9.17) is 20.3 Å². The van der Waals surface area contributed by atoms with Crippen LogP contribution >= 0.6 is 23.5 Å². The number of aliphatic hydroxyl groups is 2. The Morgan fingerprint density at radius 2 is 1.69 bits per heavy atom. The normalized spacial score (nSPS) is 26.6. The zero-order chi connectivity index (χ0) is 22.2. The first-order chi connectivity index (χ1) is 13.1. The molecule has 0 bridgehead atoms. The number of ether oxygens (including phenoxy) is 1. The smallest absolute Gasteiger partial charge is 0.756 e. The van der Waals surface area contributed by atoms with E-state index in [2.05, 4.69) is 18.1 Å². The summed E-state index contributed by atoms with van der Waals surface area (Å²) < 4.78 is 49.8. The molecule has 2 rings (SSSR count). The van der Waals surface area contributed by atoms with Crippen LogP contribution in [0.15, 0.2) is 17.1 Å². The summed E-state index contributed by atoms with van der Waals surface area (Å²) in [6, 6.07) is 1.18. The molecule has 1 aromatic rings. The van der Waals surface area contributed by atoms with Crippen molar-refractivity contribution in [1.29, 1.82) is 0 Å². The van der Waals surface area contributed by atoms with Gasteiger partial charge in [-0.1, -0.05) is 0 Å². The third-order valence-electron chi connectivity index (χ3n) is 3.27. The third kappa shape index (κ3) is 10.3. The first-order valence-electron chi connectivity index (χ1n) is 7.21. The molecular formula is C9H16N3Na2O15P3. The molecule has 0 aromatic carbocycles. The Morgan fingerprint density at radius 1 is 1.12 bits per heavy atom. The molecule has 0 radical (unpaired) electrons. The van der Waals surface area contributed by atoms with Crippen LogP contribution in [0.5, 0.6) is 0 Å². The molecule has 0 aliphatic carbocycles. The molecule has 0 saturated carbocycles. The minimum absolute atomic E-state index is 0. The monoisotopic (exact) mass is 545 g/mol. The maximum Gasteiger partial charge on any atom is 1.00 e. The summed E-state index contributed by atoms with van der Waals surface area (Å²) in [5.74, 6) is -0.136. The van der Waals surface area contributed by atoms with Crippen molar-refractivity contribution in [2.45, 2.75) is 24.5 Å². The number of anilines is 1. The van der Waals surface area contributed by atoms with Gasteiger partial charge in [-0.25, -0.2) is 18.0 Å². The van der Waals surface area contributed by atoms with Crippen LogP contribution in [0.4, 0.5) is 5.82 Å². The molecule has 0 spiro atoms. The van der Waals surface area contributed by atoms with E-state index in [1.165, 1.54) is 6.07 Å². The summed E-state index contributed by atoms with van der Waals surface area (Å²) in [5.41, 5.74) is 4.36. The zero-order valence-electron chi connectivity index (χ0n) is 16.4. The van der Waals surface area contributed by atoms with E-state index in [9.17, 15) is 38.5 Å². The molecule has 1 fully saturated rings. The number of phosphoric acid groups is 3. The van der Waals surface area contributed by atoms with Gasteiger partial charge in [0.1, 0.15) is 24.1 Å². The van der Waals surface area contributed by atoms with Crippen molar-refractivity contribution >= 4 is 29.3 Å². The number of hydrogen-bond donors (Lipinski definition) is 5. The number of rotatable bonds is 8. The van der Waals surface area contributed by atoms with Crippen LogP contribution in [0, 0.1) is 0 Å². The second-order valence-electron chi connectivity index (χ2n) is 5.43. The summed E-state index contributed by atoms with van der Waals surface area (Å²) in [4.78, 5) is 54.6. The molecule has 23 heteroatoms. The Balaban J connectivity index is 0. The van der Waals surface area contributed by atoms with Crippen LogP contribution in [0.3, 0.4) is 0 Å². The van der Waals surface area contributed by atoms with E-state index in [0.717, 1.165) is 10.8 Å². The zero-order valence-corrected chi connectivity index (χ0v) is 23.0.